The number of rotatable bonds is 10. The summed E-state index contributed by atoms with van der Waals surface area (Å²) in [5.74, 6) is 0.563. The monoisotopic (exact) mass is 247 g/mol. The molecule has 2 heteroatoms. The molecular formula is C16H23O2. The summed E-state index contributed by atoms with van der Waals surface area (Å²) in [5, 5.41) is 0. The lowest BCUT2D eigenvalue weighted by Crippen LogP contribution is -1.90. The Hall–Kier alpha value is -1.31. The molecule has 0 aliphatic heterocycles. The van der Waals surface area contributed by atoms with Gasteiger partial charge in [0.05, 0.1) is 0 Å². The minimum absolute atomic E-state index is 0.563. The molecule has 0 heterocycles. The van der Waals surface area contributed by atoms with Gasteiger partial charge in [0.1, 0.15) is 5.75 Å². The summed E-state index contributed by atoms with van der Waals surface area (Å²) >= 11 is 0. The minimum Gasteiger partial charge on any atom is -0.418 e. The van der Waals surface area contributed by atoms with E-state index in [4.69, 9.17) is 0 Å². The second kappa shape index (κ2) is 9.69. The lowest BCUT2D eigenvalue weighted by atomic mass is 10.0. The highest BCUT2D eigenvalue weighted by Gasteiger charge is 1.96. The molecule has 0 aliphatic carbocycles. The van der Waals surface area contributed by atoms with Gasteiger partial charge in [-0.25, -0.2) is 4.79 Å². The van der Waals surface area contributed by atoms with Gasteiger partial charge in [0.25, 0.3) is 0 Å². The predicted molar refractivity (Wildman–Crippen MR) is 74.5 cm³/mol. The molecule has 99 valence electrons. The van der Waals surface area contributed by atoms with Crippen LogP contribution in [0.1, 0.15) is 57.4 Å². The molecule has 0 unspecified atom stereocenters. The van der Waals surface area contributed by atoms with E-state index in [9.17, 15) is 4.79 Å². The molecule has 18 heavy (non-hydrogen) atoms. The van der Waals surface area contributed by atoms with Crippen LogP contribution in [0, 0.1) is 0 Å². The summed E-state index contributed by atoms with van der Waals surface area (Å²) < 4.78 is 4.64. The van der Waals surface area contributed by atoms with E-state index < -0.39 is 0 Å². The molecule has 0 spiro atoms. The van der Waals surface area contributed by atoms with Gasteiger partial charge in [-0.15, -0.1) is 0 Å². The van der Waals surface area contributed by atoms with E-state index >= 15 is 0 Å². The molecule has 1 aromatic carbocycles. The number of ether oxygens (including phenoxy) is 1. The topological polar surface area (TPSA) is 26.3 Å². The number of hydrogen-bond donors (Lipinski definition) is 0. The second-order valence-corrected chi connectivity index (χ2v) is 4.70. The molecule has 1 aromatic rings. The molecule has 2 nitrogen and oxygen atoms in total. The Kier molecular flexibility index (Phi) is 7.94. The first-order valence-electron chi connectivity index (χ1n) is 6.99. The number of unbranched alkanes of at least 4 members (excludes halogenated alkanes) is 6. The van der Waals surface area contributed by atoms with Gasteiger partial charge in [0, 0.05) is 0 Å². The van der Waals surface area contributed by atoms with Crippen LogP contribution in [0.3, 0.4) is 0 Å². The van der Waals surface area contributed by atoms with Crippen molar-refractivity contribution in [3.8, 4) is 5.75 Å². The van der Waals surface area contributed by atoms with Gasteiger partial charge in [-0.1, -0.05) is 57.6 Å². The Morgan fingerprint density at radius 2 is 1.56 bits per heavy atom. The smallest absolute Gasteiger partial charge is 0.418 e. The van der Waals surface area contributed by atoms with E-state index in [2.05, 4.69) is 11.7 Å². The standard InChI is InChI=1S/C16H23O2/c1-2-3-4-5-6-7-8-9-15-10-12-16(13-11-15)18-14-17/h10-13H,2-9H2,1H3. The van der Waals surface area contributed by atoms with Crippen molar-refractivity contribution in [1.82, 2.24) is 0 Å². The van der Waals surface area contributed by atoms with Crippen molar-refractivity contribution in [3.05, 3.63) is 29.8 Å². The zero-order chi connectivity index (χ0) is 13.1. The van der Waals surface area contributed by atoms with E-state index in [1.807, 2.05) is 24.3 Å². The van der Waals surface area contributed by atoms with Crippen LogP contribution in [0.2, 0.25) is 0 Å². The van der Waals surface area contributed by atoms with E-state index in [0.717, 1.165) is 6.42 Å². The molecule has 1 rings (SSSR count). The maximum Gasteiger partial charge on any atom is 0.423 e. The molecule has 0 amide bonds. The first-order chi connectivity index (χ1) is 8.86. The second-order valence-electron chi connectivity index (χ2n) is 4.70. The van der Waals surface area contributed by atoms with Crippen molar-refractivity contribution < 1.29 is 9.53 Å². The summed E-state index contributed by atoms with van der Waals surface area (Å²) in [7, 11) is 0. The maximum atomic E-state index is 10.0. The van der Waals surface area contributed by atoms with Gasteiger partial charge in [-0.3, -0.25) is 0 Å². The van der Waals surface area contributed by atoms with Crippen LogP contribution in [-0.4, -0.2) is 6.47 Å². The molecule has 0 aromatic heterocycles. The molecule has 0 saturated carbocycles. The van der Waals surface area contributed by atoms with Crippen LogP contribution >= 0.6 is 0 Å². The normalized spacial score (nSPS) is 10.3. The van der Waals surface area contributed by atoms with Gasteiger partial charge >= 0.3 is 6.47 Å². The lowest BCUT2D eigenvalue weighted by Gasteiger charge is -2.03. The Morgan fingerprint density at radius 1 is 0.944 bits per heavy atom. The third-order valence-corrected chi connectivity index (χ3v) is 3.15. The lowest BCUT2D eigenvalue weighted by molar-refractivity contribution is 0.442. The SMILES string of the molecule is CCCCCCCCCc1ccc(O[C]=O)cc1. The summed E-state index contributed by atoms with van der Waals surface area (Å²) in [6, 6.07) is 7.68. The maximum absolute atomic E-state index is 10.0. The highest BCUT2D eigenvalue weighted by molar-refractivity contribution is 5.46. The van der Waals surface area contributed by atoms with Gasteiger partial charge in [0.15, 0.2) is 0 Å². The highest BCUT2D eigenvalue weighted by atomic mass is 16.5. The van der Waals surface area contributed by atoms with Crippen LogP contribution in [0.5, 0.6) is 5.75 Å². The van der Waals surface area contributed by atoms with Crippen LogP contribution in [0.15, 0.2) is 24.3 Å². The Balaban J connectivity index is 2.09. The quantitative estimate of drug-likeness (QED) is 0.572. The van der Waals surface area contributed by atoms with Gasteiger partial charge in [-0.05, 0) is 30.5 Å². The fraction of sp³-hybridized carbons (Fsp3) is 0.562. The molecule has 0 saturated heterocycles. The van der Waals surface area contributed by atoms with Crippen molar-refractivity contribution in [2.75, 3.05) is 0 Å². The van der Waals surface area contributed by atoms with Crippen LogP contribution in [0.4, 0.5) is 0 Å². The van der Waals surface area contributed by atoms with Crippen LogP contribution < -0.4 is 4.74 Å². The van der Waals surface area contributed by atoms with Crippen molar-refractivity contribution in [1.29, 1.82) is 0 Å². The number of carbonyl (C=O) groups excluding carboxylic acids is 1. The fourth-order valence-electron chi connectivity index (χ4n) is 2.06. The number of benzene rings is 1. The summed E-state index contributed by atoms with van der Waals surface area (Å²) in [5.41, 5.74) is 1.31. The van der Waals surface area contributed by atoms with Gasteiger partial charge in [0.2, 0.25) is 0 Å². The number of aryl methyl sites for hydroxylation is 1. The zero-order valence-electron chi connectivity index (χ0n) is 11.3. The van der Waals surface area contributed by atoms with Crippen molar-refractivity contribution >= 4 is 6.47 Å². The fourth-order valence-corrected chi connectivity index (χ4v) is 2.06. The van der Waals surface area contributed by atoms with Crippen molar-refractivity contribution in [2.45, 2.75) is 58.3 Å². The predicted octanol–water partition coefficient (Wildman–Crippen LogP) is 4.43. The minimum atomic E-state index is 0.563. The van der Waals surface area contributed by atoms with Gasteiger partial charge in [-0.2, -0.15) is 0 Å². The molecule has 0 atom stereocenters. The first-order valence-corrected chi connectivity index (χ1v) is 6.99. The van der Waals surface area contributed by atoms with E-state index in [0.29, 0.717) is 5.75 Å². The van der Waals surface area contributed by atoms with Crippen LogP contribution in [-0.2, 0) is 11.2 Å². The summed E-state index contributed by atoms with van der Waals surface area (Å²) in [6.07, 6.45) is 10.4. The van der Waals surface area contributed by atoms with Crippen molar-refractivity contribution in [3.63, 3.8) is 0 Å². The Morgan fingerprint density at radius 3 is 2.17 bits per heavy atom. The van der Waals surface area contributed by atoms with E-state index in [1.165, 1.54) is 57.0 Å². The molecular weight excluding hydrogens is 224 g/mol. The molecule has 0 bridgehead atoms. The molecule has 1 radical (unpaired) electrons. The third kappa shape index (κ3) is 6.43. The zero-order valence-corrected chi connectivity index (χ0v) is 11.3. The molecule has 0 N–H and O–H groups in total. The summed E-state index contributed by atoms with van der Waals surface area (Å²) in [6.45, 7) is 3.68. The summed E-state index contributed by atoms with van der Waals surface area (Å²) in [4.78, 5) is 10.0. The Labute approximate surface area is 110 Å². The molecule has 0 fully saturated rings. The average Bonchev–Trinajstić information content (AvgIpc) is 2.40. The molecule has 0 aliphatic rings. The average molecular weight is 247 g/mol. The van der Waals surface area contributed by atoms with E-state index in [1.54, 1.807) is 0 Å². The first kappa shape index (κ1) is 14.7. The highest BCUT2D eigenvalue weighted by Crippen LogP contribution is 2.14. The van der Waals surface area contributed by atoms with Crippen LogP contribution in [0.25, 0.3) is 0 Å². The third-order valence-electron chi connectivity index (χ3n) is 3.15. The van der Waals surface area contributed by atoms with E-state index in [-0.39, 0.29) is 0 Å². The largest absolute Gasteiger partial charge is 0.423 e. The number of hydrogen-bond acceptors (Lipinski definition) is 2. The van der Waals surface area contributed by atoms with Gasteiger partial charge < -0.3 is 4.74 Å². The Bertz CT molecular complexity index is 316. The van der Waals surface area contributed by atoms with Crippen molar-refractivity contribution in [2.24, 2.45) is 0 Å².